The maximum Gasteiger partial charge on any atom is 0.475 e. The molecular weight excluding hydrogens is 1280 g/mol. The van der Waals surface area contributed by atoms with Gasteiger partial charge < -0.3 is 34.2 Å². The van der Waals surface area contributed by atoms with Crippen molar-refractivity contribution in [3.63, 3.8) is 0 Å². The van der Waals surface area contributed by atoms with Crippen LogP contribution in [0, 0.1) is 19.8 Å². The maximum absolute atomic E-state index is 16.0. The van der Waals surface area contributed by atoms with E-state index in [1.807, 2.05) is 13.8 Å². The molecule has 0 saturated carbocycles. The van der Waals surface area contributed by atoms with Crippen molar-refractivity contribution in [1.82, 2.24) is 58.6 Å². The van der Waals surface area contributed by atoms with Gasteiger partial charge in [0.15, 0.2) is 87.5 Å². The first-order valence-electron chi connectivity index (χ1n) is 28.4. The Labute approximate surface area is 509 Å². The van der Waals surface area contributed by atoms with Gasteiger partial charge in [-0.2, -0.15) is 19.9 Å². The summed E-state index contributed by atoms with van der Waals surface area (Å²) in [5.74, 6) is -6.98. The van der Waals surface area contributed by atoms with Crippen LogP contribution in [-0.4, -0.2) is 170 Å². The summed E-state index contributed by atoms with van der Waals surface area (Å²) in [6.07, 6.45) is -7.06. The number of aryl methyl sites for hydroxylation is 2. The fourth-order valence-electron chi connectivity index (χ4n) is 10.6. The Morgan fingerprint density at radius 1 is 0.533 bits per heavy atom. The third kappa shape index (κ3) is 12.4. The van der Waals surface area contributed by atoms with E-state index in [1.165, 1.54) is 32.7 Å². The van der Waals surface area contributed by atoms with Crippen molar-refractivity contribution < 1.29 is 109 Å². The summed E-state index contributed by atoms with van der Waals surface area (Å²) >= 11 is 0. The van der Waals surface area contributed by atoms with Gasteiger partial charge in [-0.1, -0.05) is 13.8 Å². The van der Waals surface area contributed by atoms with Gasteiger partial charge in [0.25, 0.3) is 17.6 Å². The Morgan fingerprint density at radius 3 is 1.23 bits per heavy atom. The van der Waals surface area contributed by atoms with E-state index in [0.29, 0.717) is 24.9 Å². The molecule has 0 aliphatic carbocycles. The van der Waals surface area contributed by atoms with Crippen LogP contribution in [0.1, 0.15) is 106 Å². The maximum atomic E-state index is 16.0. The highest BCUT2D eigenvalue weighted by Gasteiger charge is 2.73. The predicted molar refractivity (Wildman–Crippen MR) is 298 cm³/mol. The van der Waals surface area contributed by atoms with Crippen LogP contribution in [0.4, 0.5) is 32.3 Å². The minimum absolute atomic E-state index is 0.00131. The van der Waals surface area contributed by atoms with Gasteiger partial charge in [-0.3, -0.25) is 54.4 Å². The zero-order valence-electron chi connectivity index (χ0n) is 50.9. The van der Waals surface area contributed by atoms with Crippen molar-refractivity contribution in [2.75, 3.05) is 58.6 Å². The molecule has 3 unspecified atom stereocenters. The van der Waals surface area contributed by atoms with Crippen LogP contribution in [0.25, 0.3) is 33.5 Å². The third-order valence-electron chi connectivity index (χ3n) is 14.2. The van der Waals surface area contributed by atoms with Crippen molar-refractivity contribution in [1.29, 1.82) is 0 Å². The highest BCUT2D eigenvalue weighted by Crippen LogP contribution is 2.66. The van der Waals surface area contributed by atoms with Gasteiger partial charge in [0.05, 0.1) is 58.1 Å². The Balaban J connectivity index is 0.000000149. The van der Waals surface area contributed by atoms with Gasteiger partial charge in [0.1, 0.15) is 31.5 Å². The molecule has 6 aliphatic heterocycles. The molecule has 6 aliphatic rings. The summed E-state index contributed by atoms with van der Waals surface area (Å²) in [5, 5.41) is 0. The van der Waals surface area contributed by atoms with E-state index < -0.39 is 121 Å². The molecule has 6 aromatic rings. The second-order valence-corrected chi connectivity index (χ2v) is 27.2. The Bertz CT molecular complexity index is 3800. The molecule has 0 aromatic carbocycles. The number of fused-ring (bicyclic) bond motifs is 6. The summed E-state index contributed by atoms with van der Waals surface area (Å²) in [6.45, 7) is 18.7. The number of rotatable bonds is 16. The molecule has 6 saturated heterocycles. The first-order chi connectivity index (χ1) is 42.1. The Kier molecular flexibility index (Phi) is 18.4. The predicted octanol–water partition coefficient (Wildman–Crippen LogP) is 9.35. The van der Waals surface area contributed by atoms with E-state index in [0.717, 1.165) is 20.8 Å². The van der Waals surface area contributed by atoms with Crippen LogP contribution < -0.4 is 19.9 Å². The van der Waals surface area contributed by atoms with Crippen molar-refractivity contribution >= 4 is 62.9 Å². The summed E-state index contributed by atoms with van der Waals surface area (Å²) in [6, 6.07) is 0. The van der Waals surface area contributed by atoms with Gasteiger partial charge in [0.2, 0.25) is 23.6 Å². The lowest BCUT2D eigenvalue weighted by Crippen LogP contribution is -2.51. The van der Waals surface area contributed by atoms with E-state index in [9.17, 15) is 13.7 Å². The average molecular weight is 1350 g/mol. The van der Waals surface area contributed by atoms with Crippen LogP contribution in [0.15, 0.2) is 19.0 Å². The molecule has 12 heterocycles. The fraction of sp³-hybridized carbons (Fsp3) is 0.700. The monoisotopic (exact) mass is 1350 g/mol. The number of imidazole rings is 3. The minimum Gasteiger partial charge on any atom is -0.476 e. The van der Waals surface area contributed by atoms with Crippen LogP contribution in [0.5, 0.6) is 17.6 Å². The quantitative estimate of drug-likeness (QED) is 0.0696. The number of hydrogen-bond donors (Lipinski definition) is 1. The first kappa shape index (κ1) is 67.5. The number of anilines is 1. The molecule has 40 heteroatoms. The van der Waals surface area contributed by atoms with E-state index >= 15 is 26.3 Å². The van der Waals surface area contributed by atoms with Crippen LogP contribution >= 0.6 is 23.5 Å². The molecule has 2 N–H and O–H groups in total. The molecule has 0 radical (unpaired) electrons. The van der Waals surface area contributed by atoms with E-state index in [2.05, 4.69) is 44.9 Å². The van der Waals surface area contributed by atoms with Crippen LogP contribution in [-0.2, 0) is 68.6 Å². The second kappa shape index (κ2) is 24.5. The zero-order valence-corrected chi connectivity index (χ0v) is 53.6. The number of phosphoric acid groups is 3. The molecule has 31 nitrogen and oxygen atoms in total. The molecule has 6 fully saturated rings. The number of nitrogen functional groups attached to an aromatic ring is 1. The molecule has 6 aromatic heterocycles. The highest BCUT2D eigenvalue weighted by molar-refractivity contribution is 7.49. The number of aromatic nitrogens is 12. The summed E-state index contributed by atoms with van der Waals surface area (Å²) in [5.41, 5.74) is -0.471. The Morgan fingerprint density at radius 2 is 0.878 bits per heavy atom. The van der Waals surface area contributed by atoms with Gasteiger partial charge in [-0.25, -0.2) is 65.0 Å². The summed E-state index contributed by atoms with van der Waals surface area (Å²) < 4.78 is 214. The SMILES string of the molecule is CCOc1nc(C)nc2c1ncn2[C@@H]1O[C@]2(F)COP(=O)(OC(C)C)O[C@H]2[C@@]1(C)F.CCOc1nc(C)nc2c1ncn2[C@@H]1O[C@]2(F)COP(=O)(OCC)O[C@H]2[C@@]1(C)F.CCOc1nc(N)nc2c1ncn2[C@@H]1O[C@]2(F)COP(=O)(OCC(C)C)O[C@H]2[C@@]1(C)F. The number of hydrogen-bond acceptors (Lipinski definition) is 28. The van der Waals surface area contributed by atoms with Crippen molar-refractivity contribution in [2.24, 2.45) is 5.92 Å². The lowest BCUT2D eigenvalue weighted by atomic mass is 9.97. The number of nitrogens with zero attached hydrogens (tertiary/aromatic N) is 12. The number of nitrogens with two attached hydrogens (primary N) is 1. The number of alkyl halides is 6. The van der Waals surface area contributed by atoms with Crippen molar-refractivity contribution in [2.45, 2.75) is 168 Å². The molecule has 90 heavy (non-hydrogen) atoms. The standard InChI is InChI=1S/C17H24F2N5O6P.C17H23F2N4O6P.C16H21F2N4O6P/c1-5-26-12-10-11(22-15(20)23-12)24(8-21-10)14-16(4,18)13-17(19,29-14)7-28-31(25,30-13)27-6-9(2)3;1-6-25-13-11-12(21-10(4)22-13)23(8-20-11)15-16(5,18)14-17(19,27-15)7-26-30(24,29-14)28-9(2)3;1-5-24-12-10-11(20-9(3)21-12)22(8-19-10)14-15(4,17)13-16(18,27-14)7-26-29(23,28-13)25-6-2/h8-9,13-14H,5-7H2,1-4H3,(H2,20,22,23);8-9,14-15H,6-7H2,1-5H3;8,13-14H,5-7H2,1-4H3/t13-,14+,16+,17+,31?;14-,15+,16+,17+,30?;13-,14+,15+,16+,29?/m000/s1. The van der Waals surface area contributed by atoms with E-state index in [1.54, 1.807) is 55.4 Å². The molecule has 0 spiro atoms. The third-order valence-corrected chi connectivity index (χ3v) is 18.7. The summed E-state index contributed by atoms with van der Waals surface area (Å²) in [7, 11) is -12.5. The molecular formula is C50H68F6N13O18P3. The van der Waals surface area contributed by atoms with Crippen molar-refractivity contribution in [3.05, 3.63) is 30.6 Å². The van der Waals surface area contributed by atoms with Gasteiger partial charge in [-0.15, -0.1) is 0 Å². The average Bonchev–Trinajstić information content (AvgIpc) is 1.57. The first-order valence-corrected chi connectivity index (χ1v) is 32.7. The highest BCUT2D eigenvalue weighted by atomic mass is 31.2. The fourth-order valence-corrected chi connectivity index (χ4v) is 15.3. The van der Waals surface area contributed by atoms with Gasteiger partial charge >= 0.3 is 23.5 Å². The van der Waals surface area contributed by atoms with Crippen molar-refractivity contribution in [3.8, 4) is 17.6 Å². The van der Waals surface area contributed by atoms with E-state index in [4.69, 9.17) is 74.9 Å². The molecule has 12 rings (SSSR count). The van der Waals surface area contributed by atoms with Crippen LogP contribution in [0.3, 0.4) is 0 Å². The molecule has 0 bridgehead atoms. The second-order valence-electron chi connectivity index (χ2n) is 22.4. The van der Waals surface area contributed by atoms with Gasteiger partial charge in [-0.05, 0) is 82.1 Å². The number of halogens is 6. The number of ether oxygens (including phenoxy) is 6. The smallest absolute Gasteiger partial charge is 0.475 e. The molecule has 0 amide bonds. The van der Waals surface area contributed by atoms with Crippen LogP contribution in [0.2, 0.25) is 0 Å². The zero-order chi connectivity index (χ0) is 65.5. The van der Waals surface area contributed by atoms with Gasteiger partial charge in [0, 0.05) is 0 Å². The normalized spacial score (nSPS) is 36.3. The Hall–Kier alpha value is -5.36. The molecule has 15 atom stereocenters. The topological polar surface area (TPSA) is 346 Å². The minimum atomic E-state index is -4.19. The number of phosphoric ester groups is 3. The van der Waals surface area contributed by atoms with E-state index in [-0.39, 0.29) is 82.8 Å². The summed E-state index contributed by atoms with van der Waals surface area (Å²) in [4.78, 5) is 37.5. The lowest BCUT2D eigenvalue weighted by Gasteiger charge is -2.36. The largest absolute Gasteiger partial charge is 0.476 e. The molecule has 498 valence electrons. The lowest BCUT2D eigenvalue weighted by molar-refractivity contribution is -0.220.